The minimum Gasteiger partial charge on any atom is -0.496 e. The van der Waals surface area contributed by atoms with Gasteiger partial charge in [0, 0.05) is 15.6 Å². The molecule has 7 nitrogen and oxygen atoms in total. The highest BCUT2D eigenvalue weighted by molar-refractivity contribution is 9.10. The van der Waals surface area contributed by atoms with Crippen LogP contribution in [0.25, 0.3) is 6.08 Å². The van der Waals surface area contributed by atoms with Crippen molar-refractivity contribution in [1.29, 1.82) is 0 Å². The fourth-order valence-corrected chi connectivity index (χ4v) is 6.03. The van der Waals surface area contributed by atoms with E-state index in [0.717, 1.165) is 15.6 Å². The molecule has 0 fully saturated rings. The number of carbonyl (C=O) groups is 1. The lowest BCUT2D eigenvalue weighted by atomic mass is 9.95. The fourth-order valence-electron chi connectivity index (χ4n) is 4.62. The molecule has 1 aliphatic rings. The Morgan fingerprint density at radius 2 is 1.82 bits per heavy atom. The number of aromatic nitrogens is 1. The summed E-state index contributed by atoms with van der Waals surface area (Å²) in [5, 5.41) is 0. The highest BCUT2D eigenvalue weighted by Gasteiger charge is 2.35. The number of methoxy groups -OCH3 is 1. The van der Waals surface area contributed by atoms with Crippen LogP contribution in [0.15, 0.2) is 98.3 Å². The van der Waals surface area contributed by atoms with Gasteiger partial charge in [0.1, 0.15) is 24.1 Å². The molecule has 1 aromatic heterocycles. The molecule has 40 heavy (non-hydrogen) atoms. The van der Waals surface area contributed by atoms with Gasteiger partial charge in [-0.1, -0.05) is 75.8 Å². The van der Waals surface area contributed by atoms with Crippen molar-refractivity contribution in [2.75, 3.05) is 13.7 Å². The summed E-state index contributed by atoms with van der Waals surface area (Å²) in [4.78, 5) is 32.3. The number of hydrogen-bond acceptors (Lipinski definition) is 7. The number of benzene rings is 3. The van der Waals surface area contributed by atoms with Crippen LogP contribution in [0.4, 0.5) is 0 Å². The van der Waals surface area contributed by atoms with E-state index in [1.807, 2.05) is 66.7 Å². The molecule has 1 atom stereocenters. The zero-order chi connectivity index (χ0) is 28.2. The average molecular weight is 620 g/mol. The van der Waals surface area contributed by atoms with Crippen LogP contribution in [-0.4, -0.2) is 24.3 Å². The van der Waals surface area contributed by atoms with Crippen LogP contribution in [0.1, 0.15) is 36.6 Å². The lowest BCUT2D eigenvalue weighted by Gasteiger charge is -2.25. The SMILES string of the molecule is CCOC(=O)C1=C(C)N=c2s/c(=C\c3cc(Br)ccc3OCc3ccccc3)c(=O)n2[C@@H]1c1ccccc1OC. The van der Waals surface area contributed by atoms with Crippen molar-refractivity contribution >= 4 is 39.3 Å². The molecule has 0 saturated heterocycles. The minimum absolute atomic E-state index is 0.202. The predicted octanol–water partition coefficient (Wildman–Crippen LogP) is 5.15. The van der Waals surface area contributed by atoms with Gasteiger partial charge in [0.2, 0.25) is 0 Å². The Morgan fingerprint density at radius 3 is 2.58 bits per heavy atom. The number of allylic oxidation sites excluding steroid dienone is 1. The number of thiazole rings is 1. The smallest absolute Gasteiger partial charge is 0.338 e. The van der Waals surface area contributed by atoms with Gasteiger partial charge in [-0.05, 0) is 49.8 Å². The molecule has 0 spiro atoms. The van der Waals surface area contributed by atoms with Gasteiger partial charge in [-0.3, -0.25) is 9.36 Å². The molecule has 0 unspecified atom stereocenters. The molecular formula is C31H27BrN2O5S. The highest BCUT2D eigenvalue weighted by Crippen LogP contribution is 2.35. The van der Waals surface area contributed by atoms with Gasteiger partial charge < -0.3 is 14.2 Å². The molecule has 204 valence electrons. The first-order valence-corrected chi connectivity index (χ1v) is 14.3. The lowest BCUT2D eigenvalue weighted by Crippen LogP contribution is -2.40. The van der Waals surface area contributed by atoms with Crippen molar-refractivity contribution in [1.82, 2.24) is 4.57 Å². The second-order valence-corrected chi connectivity index (χ2v) is 10.9. The minimum atomic E-state index is -0.759. The standard InChI is InChI=1S/C31H27BrN2O5S/c1-4-38-30(36)27-19(2)33-31-34(28(27)23-12-8-9-13-25(23)37-3)29(35)26(40-31)17-21-16-22(32)14-15-24(21)39-18-20-10-6-5-7-11-20/h5-17,28H,4,18H2,1-3H3/b26-17-/t28-/m1/s1. The maximum atomic E-state index is 14.0. The van der Waals surface area contributed by atoms with E-state index in [1.54, 1.807) is 37.7 Å². The topological polar surface area (TPSA) is 79.1 Å². The summed E-state index contributed by atoms with van der Waals surface area (Å²) >= 11 is 4.80. The number of halogens is 1. The molecule has 0 N–H and O–H groups in total. The number of rotatable bonds is 8. The van der Waals surface area contributed by atoms with Gasteiger partial charge in [-0.2, -0.15) is 0 Å². The van der Waals surface area contributed by atoms with Crippen molar-refractivity contribution in [2.45, 2.75) is 26.5 Å². The van der Waals surface area contributed by atoms with E-state index in [1.165, 1.54) is 11.3 Å². The predicted molar refractivity (Wildman–Crippen MR) is 158 cm³/mol. The third kappa shape index (κ3) is 5.52. The van der Waals surface area contributed by atoms with Crippen molar-refractivity contribution in [2.24, 2.45) is 4.99 Å². The molecule has 0 aliphatic carbocycles. The first-order valence-electron chi connectivity index (χ1n) is 12.7. The molecule has 0 bridgehead atoms. The van der Waals surface area contributed by atoms with E-state index in [0.29, 0.717) is 44.3 Å². The highest BCUT2D eigenvalue weighted by atomic mass is 79.9. The molecular weight excluding hydrogens is 592 g/mol. The molecule has 9 heteroatoms. The van der Waals surface area contributed by atoms with Crippen molar-refractivity contribution in [3.63, 3.8) is 0 Å². The van der Waals surface area contributed by atoms with Crippen LogP contribution in [0.3, 0.4) is 0 Å². The summed E-state index contributed by atoms with van der Waals surface area (Å²) in [7, 11) is 1.56. The number of fused-ring (bicyclic) bond motifs is 1. The van der Waals surface area contributed by atoms with E-state index in [2.05, 4.69) is 20.9 Å². The number of hydrogen-bond donors (Lipinski definition) is 0. The second-order valence-electron chi connectivity index (χ2n) is 9.00. The Bertz CT molecular complexity index is 1780. The molecule has 2 heterocycles. The monoisotopic (exact) mass is 618 g/mol. The molecule has 0 radical (unpaired) electrons. The van der Waals surface area contributed by atoms with Gasteiger partial charge in [0.05, 0.1) is 29.5 Å². The van der Waals surface area contributed by atoms with Crippen LogP contribution in [0.2, 0.25) is 0 Å². The summed E-state index contributed by atoms with van der Waals surface area (Å²) in [5.74, 6) is 0.683. The maximum Gasteiger partial charge on any atom is 0.338 e. The van der Waals surface area contributed by atoms with Crippen LogP contribution in [0.5, 0.6) is 11.5 Å². The Balaban J connectivity index is 1.66. The van der Waals surface area contributed by atoms with Crippen molar-refractivity contribution < 1.29 is 19.0 Å². The zero-order valence-corrected chi connectivity index (χ0v) is 24.6. The third-order valence-corrected chi connectivity index (χ3v) is 7.92. The van der Waals surface area contributed by atoms with Crippen molar-refractivity contribution in [3.8, 4) is 11.5 Å². The second kappa shape index (κ2) is 12.1. The maximum absolute atomic E-state index is 14.0. The zero-order valence-electron chi connectivity index (χ0n) is 22.2. The normalized spacial score (nSPS) is 14.9. The van der Waals surface area contributed by atoms with Crippen LogP contribution < -0.4 is 24.4 Å². The first kappa shape index (κ1) is 27.6. The fraction of sp³-hybridized carbons (Fsp3) is 0.194. The van der Waals surface area contributed by atoms with E-state index < -0.39 is 12.0 Å². The van der Waals surface area contributed by atoms with Gasteiger partial charge in [0.15, 0.2) is 4.80 Å². The quantitative estimate of drug-likeness (QED) is 0.255. The lowest BCUT2D eigenvalue weighted by molar-refractivity contribution is -0.139. The molecule has 0 amide bonds. The Morgan fingerprint density at radius 1 is 1.07 bits per heavy atom. The number of nitrogens with zero attached hydrogens (tertiary/aromatic N) is 2. The van der Waals surface area contributed by atoms with E-state index >= 15 is 0 Å². The van der Waals surface area contributed by atoms with Crippen molar-refractivity contribution in [3.05, 3.63) is 125 Å². The number of carbonyl (C=O) groups excluding carboxylic acids is 1. The van der Waals surface area contributed by atoms with E-state index in [9.17, 15) is 9.59 Å². The largest absolute Gasteiger partial charge is 0.496 e. The number of esters is 1. The molecule has 3 aromatic carbocycles. The summed E-state index contributed by atoms with van der Waals surface area (Å²) < 4.78 is 20.0. The van der Waals surface area contributed by atoms with Gasteiger partial charge >= 0.3 is 5.97 Å². The van der Waals surface area contributed by atoms with Gasteiger partial charge in [-0.15, -0.1) is 0 Å². The number of ether oxygens (including phenoxy) is 3. The van der Waals surface area contributed by atoms with Crippen LogP contribution in [-0.2, 0) is 16.1 Å². The van der Waals surface area contributed by atoms with Gasteiger partial charge in [-0.25, -0.2) is 9.79 Å². The Kier molecular flexibility index (Phi) is 8.32. The van der Waals surface area contributed by atoms with Gasteiger partial charge in [0.25, 0.3) is 5.56 Å². The summed E-state index contributed by atoms with van der Waals surface area (Å²) in [5.41, 5.74) is 2.98. The summed E-state index contributed by atoms with van der Waals surface area (Å²) in [6.45, 7) is 4.10. The molecule has 5 rings (SSSR count). The first-order chi connectivity index (χ1) is 19.4. The third-order valence-electron chi connectivity index (χ3n) is 6.45. The van der Waals surface area contributed by atoms with Crippen LogP contribution >= 0.6 is 27.3 Å². The molecule has 4 aromatic rings. The average Bonchev–Trinajstić information content (AvgIpc) is 3.26. The van der Waals surface area contributed by atoms with E-state index in [-0.39, 0.29) is 12.2 Å². The van der Waals surface area contributed by atoms with E-state index in [4.69, 9.17) is 14.2 Å². The van der Waals surface area contributed by atoms with Crippen LogP contribution in [0, 0.1) is 0 Å². The summed E-state index contributed by atoms with van der Waals surface area (Å²) in [6.07, 6.45) is 1.80. The summed E-state index contributed by atoms with van der Waals surface area (Å²) in [6, 6.07) is 22.2. The Labute approximate surface area is 243 Å². The number of para-hydroxylation sites is 1. The Hall–Kier alpha value is -3.95. The molecule has 0 saturated carbocycles. The molecule has 1 aliphatic heterocycles.